The maximum absolute atomic E-state index is 13.2. The van der Waals surface area contributed by atoms with E-state index in [2.05, 4.69) is 4.72 Å². The van der Waals surface area contributed by atoms with E-state index in [1.807, 2.05) is 30.3 Å². The number of aliphatic carboxylic acids is 1. The number of methoxy groups -OCH3 is 1. The van der Waals surface area contributed by atoms with Gasteiger partial charge in [-0.15, -0.1) is 0 Å². The Bertz CT molecular complexity index is 1180. The van der Waals surface area contributed by atoms with Crippen molar-refractivity contribution < 1.29 is 23.1 Å². The van der Waals surface area contributed by atoms with Crippen molar-refractivity contribution in [2.24, 2.45) is 0 Å². The van der Waals surface area contributed by atoms with Gasteiger partial charge in [0.1, 0.15) is 11.3 Å². The predicted molar refractivity (Wildman–Crippen MR) is 120 cm³/mol. The lowest BCUT2D eigenvalue weighted by Crippen LogP contribution is -2.51. The molecule has 162 valence electrons. The highest BCUT2D eigenvalue weighted by atomic mass is 35.5. The fourth-order valence-electron chi connectivity index (χ4n) is 3.88. The highest BCUT2D eigenvalue weighted by Gasteiger charge is 2.64. The zero-order valence-electron chi connectivity index (χ0n) is 16.8. The molecule has 6 nitrogen and oxygen atoms in total. The summed E-state index contributed by atoms with van der Waals surface area (Å²) in [6.07, 6.45) is 4.98. The maximum atomic E-state index is 13.2. The maximum Gasteiger partial charge on any atom is 0.325 e. The Hall–Kier alpha value is -2.61. The van der Waals surface area contributed by atoms with Crippen LogP contribution in [-0.2, 0) is 14.8 Å². The molecule has 0 radical (unpaired) electrons. The monoisotopic (exact) mass is 459 g/mol. The molecular formula is C23H22ClNO5S. The summed E-state index contributed by atoms with van der Waals surface area (Å²) in [7, 11) is -2.70. The Labute approximate surface area is 186 Å². The van der Waals surface area contributed by atoms with Gasteiger partial charge in [-0.2, -0.15) is 4.72 Å². The average Bonchev–Trinajstić information content (AvgIpc) is 3.50. The molecule has 4 rings (SSSR count). The van der Waals surface area contributed by atoms with Crippen molar-refractivity contribution in [1.29, 1.82) is 0 Å². The van der Waals surface area contributed by atoms with Crippen molar-refractivity contribution in [3.8, 4) is 5.75 Å². The van der Waals surface area contributed by atoms with Gasteiger partial charge in [0.25, 0.3) is 0 Å². The number of alkyl halides is 1. The second-order valence-corrected chi connectivity index (χ2v) is 10.6. The molecule has 31 heavy (non-hydrogen) atoms. The van der Waals surface area contributed by atoms with Crippen molar-refractivity contribution in [1.82, 2.24) is 4.72 Å². The van der Waals surface area contributed by atoms with E-state index < -0.39 is 31.7 Å². The second-order valence-electron chi connectivity index (χ2n) is 7.76. The van der Waals surface area contributed by atoms with Crippen LogP contribution in [0, 0.1) is 0 Å². The molecule has 1 fully saturated rings. The lowest BCUT2D eigenvalue weighted by Gasteiger charge is -2.28. The molecule has 1 unspecified atom stereocenters. The van der Waals surface area contributed by atoms with Gasteiger partial charge in [0.2, 0.25) is 10.0 Å². The number of nitrogens with one attached hydrogen (secondary N) is 1. The number of hydrogen-bond acceptors (Lipinski definition) is 4. The summed E-state index contributed by atoms with van der Waals surface area (Å²) in [6, 6.07) is 16.5. The van der Waals surface area contributed by atoms with Crippen LogP contribution in [0.15, 0.2) is 72.8 Å². The molecule has 8 heteroatoms. The van der Waals surface area contributed by atoms with Crippen molar-refractivity contribution >= 4 is 33.2 Å². The summed E-state index contributed by atoms with van der Waals surface area (Å²) in [5.74, 6) is -1.17. The number of hydrogen-bond donors (Lipinski definition) is 2. The third-order valence-electron chi connectivity index (χ3n) is 5.82. The third-order valence-corrected chi connectivity index (χ3v) is 8.54. The average molecular weight is 460 g/mol. The van der Waals surface area contributed by atoms with Gasteiger partial charge < -0.3 is 9.84 Å². The zero-order chi connectivity index (χ0) is 22.3. The summed E-state index contributed by atoms with van der Waals surface area (Å²) in [6.45, 7) is 0. The van der Waals surface area contributed by atoms with Gasteiger partial charge in [-0.1, -0.05) is 66.2 Å². The number of rotatable bonds is 7. The van der Waals surface area contributed by atoms with Crippen LogP contribution >= 0.6 is 11.6 Å². The first-order valence-electron chi connectivity index (χ1n) is 9.75. The number of carboxylic acids is 1. The van der Waals surface area contributed by atoms with Crippen LogP contribution in [0.3, 0.4) is 0 Å². The highest BCUT2D eigenvalue weighted by molar-refractivity contribution is 7.92. The van der Waals surface area contributed by atoms with Crippen molar-refractivity contribution in [3.05, 3.63) is 84.0 Å². The van der Waals surface area contributed by atoms with Crippen molar-refractivity contribution in [2.75, 3.05) is 7.11 Å². The molecule has 2 N–H and O–H groups in total. The van der Waals surface area contributed by atoms with Gasteiger partial charge in [-0.25, -0.2) is 8.42 Å². The molecule has 2 aromatic carbocycles. The van der Waals surface area contributed by atoms with E-state index in [0.717, 1.165) is 11.1 Å². The lowest BCUT2D eigenvalue weighted by molar-refractivity contribution is -0.140. The molecule has 1 saturated carbocycles. The number of carboxylic acid groups (broad SMARTS) is 1. The first-order chi connectivity index (χ1) is 14.7. The Kier molecular flexibility index (Phi) is 5.45. The molecular weight excluding hydrogens is 438 g/mol. The molecule has 0 spiro atoms. The van der Waals surface area contributed by atoms with Crippen molar-refractivity contribution in [2.45, 2.75) is 28.5 Å². The topological polar surface area (TPSA) is 92.7 Å². The fraction of sp³-hybridized carbons (Fsp3) is 0.261. The summed E-state index contributed by atoms with van der Waals surface area (Å²) in [5.41, 5.74) is 0.869. The summed E-state index contributed by atoms with van der Waals surface area (Å²) < 4.78 is 32.2. The van der Waals surface area contributed by atoms with Crippen LogP contribution in [0.2, 0.25) is 0 Å². The Morgan fingerprint density at radius 1 is 1.19 bits per heavy atom. The summed E-state index contributed by atoms with van der Waals surface area (Å²) in [5, 5.41) is 9.87. The van der Waals surface area contributed by atoms with Crippen LogP contribution in [0.4, 0.5) is 0 Å². The number of carbonyl (C=O) groups is 1. The van der Waals surface area contributed by atoms with Gasteiger partial charge in [0.05, 0.1) is 7.11 Å². The minimum Gasteiger partial charge on any atom is -0.497 e. The number of halogens is 1. The van der Waals surface area contributed by atoms with E-state index >= 15 is 0 Å². The van der Waals surface area contributed by atoms with Crippen molar-refractivity contribution in [3.63, 3.8) is 0 Å². The van der Waals surface area contributed by atoms with E-state index in [4.69, 9.17) is 16.3 Å². The van der Waals surface area contributed by atoms with E-state index in [0.29, 0.717) is 11.3 Å². The SMILES string of the molecule is COc1cccc([C@@H]2C[C@]2(NS(=O)(=O)C2(Cl)C=CC(c3ccccc3)=CC2)C(=O)O)c1. The van der Waals surface area contributed by atoms with E-state index in [-0.39, 0.29) is 12.8 Å². The van der Waals surface area contributed by atoms with E-state index in [9.17, 15) is 18.3 Å². The second kappa shape index (κ2) is 7.82. The molecule has 2 aromatic rings. The molecule has 0 saturated heterocycles. The van der Waals surface area contributed by atoms with Crippen LogP contribution in [0.1, 0.15) is 29.9 Å². The quantitative estimate of drug-likeness (QED) is 0.612. The smallest absolute Gasteiger partial charge is 0.325 e. The van der Waals surface area contributed by atoms with E-state index in [1.54, 1.807) is 36.4 Å². The standard InChI is InChI=1S/C23H22ClNO5S/c1-30-19-9-5-8-18(14-19)20-15-23(20,21(26)27)25-31(28,29)22(24)12-10-17(11-13-22)16-6-3-2-4-7-16/h2-12,14,20,25H,13,15H2,1H3,(H,26,27)/t20-,22?,23+/m0/s1. The highest BCUT2D eigenvalue weighted by Crippen LogP contribution is 2.53. The normalized spacial score (nSPS) is 27.4. The minimum absolute atomic E-state index is 0.0180. The fourth-order valence-corrected chi connectivity index (χ4v) is 5.65. The molecule has 0 amide bonds. The molecule has 2 aliphatic carbocycles. The predicted octanol–water partition coefficient (Wildman–Crippen LogP) is 3.90. The molecule has 3 atom stereocenters. The summed E-state index contributed by atoms with van der Waals surface area (Å²) in [4.78, 5) is 12.1. The molecule has 0 bridgehead atoms. The number of allylic oxidation sites excluding steroid dienone is 3. The molecule has 0 heterocycles. The van der Waals surface area contributed by atoms with Gasteiger partial charge in [-0.3, -0.25) is 4.79 Å². The number of ether oxygens (including phenoxy) is 1. The van der Waals surface area contributed by atoms with Gasteiger partial charge in [-0.05, 0) is 41.3 Å². The van der Waals surface area contributed by atoms with Gasteiger partial charge in [0, 0.05) is 12.3 Å². The van der Waals surface area contributed by atoms with Crippen LogP contribution in [-0.4, -0.2) is 36.3 Å². The first-order valence-corrected chi connectivity index (χ1v) is 11.6. The Morgan fingerprint density at radius 3 is 2.55 bits per heavy atom. The molecule has 0 aliphatic heterocycles. The van der Waals surface area contributed by atoms with Gasteiger partial charge >= 0.3 is 5.97 Å². The Morgan fingerprint density at radius 2 is 1.94 bits per heavy atom. The Balaban J connectivity index is 1.57. The lowest BCUT2D eigenvalue weighted by atomic mass is 9.99. The van der Waals surface area contributed by atoms with E-state index in [1.165, 1.54) is 13.2 Å². The minimum atomic E-state index is -4.21. The van der Waals surface area contributed by atoms with Gasteiger partial charge in [0.15, 0.2) is 4.21 Å². The van der Waals surface area contributed by atoms with Crippen LogP contribution in [0.25, 0.3) is 5.57 Å². The third kappa shape index (κ3) is 3.89. The summed E-state index contributed by atoms with van der Waals surface area (Å²) >= 11 is 6.50. The largest absolute Gasteiger partial charge is 0.497 e. The van der Waals surface area contributed by atoms with Crippen LogP contribution < -0.4 is 9.46 Å². The number of benzene rings is 2. The molecule has 2 aliphatic rings. The zero-order valence-corrected chi connectivity index (χ0v) is 18.4. The molecule has 0 aromatic heterocycles. The number of sulfonamides is 1. The first kappa shape index (κ1) is 21.6. The van der Waals surface area contributed by atoms with Crippen LogP contribution in [0.5, 0.6) is 5.75 Å².